The van der Waals surface area contributed by atoms with Crippen molar-refractivity contribution in [3.8, 4) is 0 Å². The normalized spacial score (nSPS) is 18.6. The predicted octanol–water partition coefficient (Wildman–Crippen LogP) is 1.78. The quantitative estimate of drug-likeness (QED) is 0.906. The Kier molecular flexibility index (Phi) is 5.63. The first-order valence-electron chi connectivity index (χ1n) is 6.19. The van der Waals surface area contributed by atoms with Crippen LogP contribution in [-0.2, 0) is 11.2 Å². The molecule has 0 bridgehead atoms. The Hall–Kier alpha value is -1.06. The van der Waals surface area contributed by atoms with Gasteiger partial charge < -0.3 is 10.2 Å². The van der Waals surface area contributed by atoms with Gasteiger partial charge in [0.25, 0.3) is 0 Å². The highest BCUT2D eigenvalue weighted by molar-refractivity contribution is 5.85. The van der Waals surface area contributed by atoms with Gasteiger partial charge in [0.15, 0.2) is 0 Å². The maximum Gasteiger partial charge on any atom is 0.227 e. The van der Waals surface area contributed by atoms with Crippen LogP contribution in [0.3, 0.4) is 0 Å². The minimum Gasteiger partial charge on any atom is -0.341 e. The number of halogens is 1. The summed E-state index contributed by atoms with van der Waals surface area (Å²) in [6.45, 7) is 3.79. The van der Waals surface area contributed by atoms with Gasteiger partial charge in [0.1, 0.15) is 0 Å². The van der Waals surface area contributed by atoms with Crippen LogP contribution in [0.2, 0.25) is 0 Å². The summed E-state index contributed by atoms with van der Waals surface area (Å²) in [4.78, 5) is 14.0. The number of aryl methyl sites for hydroxylation is 1. The molecule has 1 aromatic carbocycles. The van der Waals surface area contributed by atoms with Crippen molar-refractivity contribution in [2.45, 2.75) is 25.8 Å². The molecule has 0 spiro atoms. The van der Waals surface area contributed by atoms with Gasteiger partial charge in [-0.3, -0.25) is 4.79 Å². The van der Waals surface area contributed by atoms with Crippen LogP contribution in [0.25, 0.3) is 0 Å². The van der Waals surface area contributed by atoms with Gasteiger partial charge in [-0.25, -0.2) is 0 Å². The second-order valence-corrected chi connectivity index (χ2v) is 4.78. The van der Waals surface area contributed by atoms with Gasteiger partial charge in [-0.2, -0.15) is 0 Å². The van der Waals surface area contributed by atoms with Crippen LogP contribution in [0.4, 0.5) is 0 Å². The third kappa shape index (κ3) is 3.72. The highest BCUT2D eigenvalue weighted by Crippen LogP contribution is 2.12. The Balaban J connectivity index is 0.00000162. The molecule has 1 atom stereocenters. The molecule has 0 saturated carbocycles. The van der Waals surface area contributed by atoms with E-state index in [-0.39, 0.29) is 18.3 Å². The number of likely N-dealkylation sites (tertiary alicyclic amines) is 1. The van der Waals surface area contributed by atoms with Crippen molar-refractivity contribution in [2.24, 2.45) is 0 Å². The fraction of sp³-hybridized carbons (Fsp3) is 0.500. The molecule has 1 aromatic rings. The molecule has 100 valence electrons. The molecule has 4 heteroatoms. The van der Waals surface area contributed by atoms with Crippen molar-refractivity contribution >= 4 is 18.3 Å². The van der Waals surface area contributed by atoms with Gasteiger partial charge in [0.2, 0.25) is 5.91 Å². The zero-order chi connectivity index (χ0) is 12.3. The summed E-state index contributed by atoms with van der Waals surface area (Å²) in [5.74, 6) is 0.242. The summed E-state index contributed by atoms with van der Waals surface area (Å²) in [5.41, 5.74) is 2.34. The minimum atomic E-state index is 0. The highest BCUT2D eigenvalue weighted by Gasteiger charge is 2.24. The number of amides is 1. The molecule has 1 heterocycles. The lowest BCUT2D eigenvalue weighted by Gasteiger charge is -2.16. The van der Waals surface area contributed by atoms with E-state index in [1.165, 1.54) is 5.56 Å². The molecule has 1 aliphatic heterocycles. The number of nitrogens with zero attached hydrogens (tertiary/aromatic N) is 1. The van der Waals surface area contributed by atoms with Crippen LogP contribution in [0.15, 0.2) is 24.3 Å². The van der Waals surface area contributed by atoms with E-state index in [0.29, 0.717) is 12.5 Å². The Morgan fingerprint density at radius 1 is 1.39 bits per heavy atom. The summed E-state index contributed by atoms with van der Waals surface area (Å²) < 4.78 is 0. The fourth-order valence-electron chi connectivity index (χ4n) is 2.21. The summed E-state index contributed by atoms with van der Waals surface area (Å²) in [6, 6.07) is 8.67. The molecule has 0 aliphatic carbocycles. The van der Waals surface area contributed by atoms with Gasteiger partial charge in [-0.15, -0.1) is 12.4 Å². The number of carbonyl (C=O) groups is 1. The molecule has 0 aromatic heterocycles. The number of hydrogen-bond donors (Lipinski definition) is 1. The van der Waals surface area contributed by atoms with Crippen molar-refractivity contribution in [3.05, 3.63) is 35.4 Å². The average Bonchev–Trinajstić information content (AvgIpc) is 2.81. The van der Waals surface area contributed by atoms with Crippen LogP contribution in [0.5, 0.6) is 0 Å². The molecule has 0 radical (unpaired) electrons. The van der Waals surface area contributed by atoms with Crippen molar-refractivity contribution in [1.82, 2.24) is 10.2 Å². The second kappa shape index (κ2) is 6.76. The average molecular weight is 269 g/mol. The zero-order valence-electron chi connectivity index (χ0n) is 11.0. The van der Waals surface area contributed by atoms with Crippen LogP contribution < -0.4 is 5.32 Å². The van der Waals surface area contributed by atoms with E-state index in [1.807, 2.05) is 24.1 Å². The number of benzene rings is 1. The van der Waals surface area contributed by atoms with E-state index in [0.717, 1.165) is 25.1 Å². The summed E-state index contributed by atoms with van der Waals surface area (Å²) in [5, 5.41) is 3.23. The molecule has 1 N–H and O–H groups in total. The van der Waals surface area contributed by atoms with Gasteiger partial charge in [-0.1, -0.05) is 29.8 Å². The standard InChI is InChI=1S/C14H20N2O.ClH/c1-11-3-5-12(6-4-11)9-14(17)16-8-7-13(10-16)15-2;/h3-6,13,15H,7-10H2,1-2H3;1H. The van der Waals surface area contributed by atoms with E-state index in [9.17, 15) is 4.79 Å². The third-order valence-corrected chi connectivity index (χ3v) is 3.43. The number of likely N-dealkylation sites (N-methyl/N-ethyl adjacent to an activating group) is 1. The lowest BCUT2D eigenvalue weighted by Crippen LogP contribution is -2.34. The largest absolute Gasteiger partial charge is 0.341 e. The van der Waals surface area contributed by atoms with Gasteiger partial charge in [0.05, 0.1) is 6.42 Å². The number of carbonyl (C=O) groups excluding carboxylic acids is 1. The number of nitrogens with one attached hydrogen (secondary N) is 1. The summed E-state index contributed by atoms with van der Waals surface area (Å²) >= 11 is 0. The van der Waals surface area contributed by atoms with E-state index in [4.69, 9.17) is 0 Å². The van der Waals surface area contributed by atoms with Crippen LogP contribution in [0.1, 0.15) is 17.5 Å². The molecule has 3 nitrogen and oxygen atoms in total. The van der Waals surface area contributed by atoms with E-state index in [2.05, 4.69) is 24.4 Å². The molecule has 18 heavy (non-hydrogen) atoms. The van der Waals surface area contributed by atoms with Crippen molar-refractivity contribution < 1.29 is 4.79 Å². The Bertz CT molecular complexity index is 391. The highest BCUT2D eigenvalue weighted by atomic mass is 35.5. The van der Waals surface area contributed by atoms with Gasteiger partial charge >= 0.3 is 0 Å². The van der Waals surface area contributed by atoms with Crippen LogP contribution in [-0.4, -0.2) is 37.0 Å². The molecule has 1 aliphatic rings. The van der Waals surface area contributed by atoms with Crippen LogP contribution >= 0.6 is 12.4 Å². The first kappa shape index (κ1) is 15.0. The SMILES string of the molecule is CNC1CCN(C(=O)Cc2ccc(C)cc2)C1.Cl. The van der Waals surface area contributed by atoms with Crippen LogP contribution in [0, 0.1) is 6.92 Å². The summed E-state index contributed by atoms with van der Waals surface area (Å²) in [7, 11) is 1.96. The molecule has 1 unspecified atom stereocenters. The number of rotatable bonds is 3. The van der Waals surface area contributed by atoms with E-state index < -0.39 is 0 Å². The minimum absolute atomic E-state index is 0. The van der Waals surface area contributed by atoms with Gasteiger partial charge in [-0.05, 0) is 26.0 Å². The third-order valence-electron chi connectivity index (χ3n) is 3.43. The predicted molar refractivity (Wildman–Crippen MR) is 76.2 cm³/mol. The van der Waals surface area contributed by atoms with E-state index >= 15 is 0 Å². The fourth-order valence-corrected chi connectivity index (χ4v) is 2.21. The zero-order valence-corrected chi connectivity index (χ0v) is 11.8. The Morgan fingerprint density at radius 2 is 2.06 bits per heavy atom. The molecule has 1 amide bonds. The van der Waals surface area contributed by atoms with Gasteiger partial charge in [0, 0.05) is 19.1 Å². The second-order valence-electron chi connectivity index (χ2n) is 4.78. The molecule has 1 saturated heterocycles. The molecular weight excluding hydrogens is 248 g/mol. The number of hydrogen-bond acceptors (Lipinski definition) is 2. The lowest BCUT2D eigenvalue weighted by molar-refractivity contribution is -0.129. The molecule has 2 rings (SSSR count). The van der Waals surface area contributed by atoms with E-state index in [1.54, 1.807) is 0 Å². The maximum absolute atomic E-state index is 12.1. The Labute approximate surface area is 115 Å². The smallest absolute Gasteiger partial charge is 0.227 e. The lowest BCUT2D eigenvalue weighted by atomic mass is 10.1. The van der Waals surface area contributed by atoms with Crippen molar-refractivity contribution in [1.29, 1.82) is 0 Å². The molecular formula is C14H21ClN2O. The first-order chi connectivity index (χ1) is 8.19. The van der Waals surface area contributed by atoms with Crippen molar-refractivity contribution in [3.63, 3.8) is 0 Å². The molecule has 1 fully saturated rings. The topological polar surface area (TPSA) is 32.3 Å². The monoisotopic (exact) mass is 268 g/mol. The first-order valence-corrected chi connectivity index (χ1v) is 6.19. The summed E-state index contributed by atoms with van der Waals surface area (Å²) in [6.07, 6.45) is 1.59. The maximum atomic E-state index is 12.1. The van der Waals surface area contributed by atoms with Crippen molar-refractivity contribution in [2.75, 3.05) is 20.1 Å². The Morgan fingerprint density at radius 3 is 2.61 bits per heavy atom.